The highest BCUT2D eigenvalue weighted by Gasteiger charge is 2.10. The van der Waals surface area contributed by atoms with Crippen molar-refractivity contribution in [2.24, 2.45) is 0 Å². The van der Waals surface area contributed by atoms with E-state index in [1.54, 1.807) is 12.1 Å². The first-order valence-electron chi connectivity index (χ1n) is 9.93. The molecule has 150 valence electrons. The molecule has 5 aromatic rings. The van der Waals surface area contributed by atoms with Crippen LogP contribution in [0.25, 0.3) is 16.9 Å². The van der Waals surface area contributed by atoms with E-state index in [1.807, 2.05) is 102 Å². The topological polar surface area (TPSA) is 55.6 Å². The number of nitrogens with zero attached hydrogens (tertiary/aromatic N) is 2. The van der Waals surface area contributed by atoms with Crippen molar-refractivity contribution in [3.8, 4) is 22.8 Å². The van der Waals surface area contributed by atoms with Crippen LogP contribution in [0, 0.1) is 0 Å². The lowest BCUT2D eigenvalue weighted by atomic mass is 10.2. The Bertz CT molecular complexity index is 1330. The quantitative estimate of drug-likeness (QED) is 0.387. The third-order valence-electron chi connectivity index (χ3n) is 4.88. The first-order chi connectivity index (χ1) is 15.2. The minimum absolute atomic E-state index is 0.191. The van der Waals surface area contributed by atoms with E-state index >= 15 is 0 Å². The second-order valence-electron chi connectivity index (χ2n) is 7.07. The minimum Gasteiger partial charge on any atom is -0.457 e. The van der Waals surface area contributed by atoms with E-state index in [0.29, 0.717) is 17.0 Å². The van der Waals surface area contributed by atoms with Gasteiger partial charge in [0.15, 0.2) is 0 Å². The van der Waals surface area contributed by atoms with Gasteiger partial charge >= 0.3 is 0 Å². The molecule has 0 fully saturated rings. The maximum absolute atomic E-state index is 12.7. The zero-order chi connectivity index (χ0) is 21.0. The highest BCUT2D eigenvalue weighted by molar-refractivity contribution is 6.04. The van der Waals surface area contributed by atoms with Crippen molar-refractivity contribution in [3.05, 3.63) is 115 Å². The molecule has 1 N–H and O–H groups in total. The molecule has 0 aliphatic carbocycles. The van der Waals surface area contributed by atoms with Gasteiger partial charge in [-0.05, 0) is 48.5 Å². The molecule has 0 saturated carbocycles. The van der Waals surface area contributed by atoms with Gasteiger partial charge in [0.05, 0.1) is 5.69 Å². The molecular formula is C26H19N3O2. The fourth-order valence-corrected chi connectivity index (χ4v) is 3.31. The Hall–Kier alpha value is -4.38. The van der Waals surface area contributed by atoms with Crippen molar-refractivity contribution in [2.45, 2.75) is 0 Å². The maximum atomic E-state index is 12.7. The number of amides is 1. The Labute approximate surface area is 179 Å². The minimum atomic E-state index is -0.191. The van der Waals surface area contributed by atoms with E-state index in [2.05, 4.69) is 10.3 Å². The number of benzene rings is 3. The molecule has 5 heteroatoms. The van der Waals surface area contributed by atoms with Crippen molar-refractivity contribution in [3.63, 3.8) is 0 Å². The average Bonchev–Trinajstić information content (AvgIpc) is 3.25. The zero-order valence-electron chi connectivity index (χ0n) is 16.6. The number of hydrogen-bond donors (Lipinski definition) is 1. The zero-order valence-corrected chi connectivity index (χ0v) is 16.6. The van der Waals surface area contributed by atoms with Crippen LogP contribution in [0.4, 0.5) is 5.69 Å². The molecule has 0 aliphatic rings. The fraction of sp³-hybridized carbons (Fsp3) is 0. The van der Waals surface area contributed by atoms with Crippen molar-refractivity contribution in [1.29, 1.82) is 0 Å². The predicted octanol–water partition coefficient (Wildman–Crippen LogP) is 6.05. The summed E-state index contributed by atoms with van der Waals surface area (Å²) in [5.74, 6) is 1.28. The normalized spacial score (nSPS) is 10.7. The van der Waals surface area contributed by atoms with Gasteiger partial charge in [0, 0.05) is 29.2 Å². The average molecular weight is 405 g/mol. The number of aromatic nitrogens is 2. The van der Waals surface area contributed by atoms with E-state index in [4.69, 9.17) is 4.74 Å². The molecule has 5 nitrogen and oxygen atoms in total. The van der Waals surface area contributed by atoms with E-state index in [-0.39, 0.29) is 5.91 Å². The first kappa shape index (κ1) is 18.6. The lowest BCUT2D eigenvalue weighted by molar-refractivity contribution is 0.102. The number of pyridine rings is 1. The van der Waals surface area contributed by atoms with Gasteiger partial charge in [-0.1, -0.05) is 48.5 Å². The van der Waals surface area contributed by atoms with Gasteiger partial charge in [0.1, 0.15) is 17.1 Å². The van der Waals surface area contributed by atoms with Gasteiger partial charge in [-0.25, -0.2) is 4.98 Å². The van der Waals surface area contributed by atoms with E-state index in [1.165, 1.54) is 0 Å². The van der Waals surface area contributed by atoms with Crippen molar-refractivity contribution < 1.29 is 9.53 Å². The number of hydrogen-bond acceptors (Lipinski definition) is 3. The summed E-state index contributed by atoms with van der Waals surface area (Å²) in [5.41, 5.74) is 3.86. The molecule has 0 atom stereocenters. The van der Waals surface area contributed by atoms with Crippen LogP contribution in [0.3, 0.4) is 0 Å². The highest BCUT2D eigenvalue weighted by atomic mass is 16.5. The van der Waals surface area contributed by atoms with Crippen LogP contribution in [0.15, 0.2) is 109 Å². The highest BCUT2D eigenvalue weighted by Crippen LogP contribution is 2.23. The van der Waals surface area contributed by atoms with Crippen LogP contribution in [0.2, 0.25) is 0 Å². The Kier molecular flexibility index (Phi) is 4.91. The van der Waals surface area contributed by atoms with Crippen LogP contribution in [0.1, 0.15) is 10.4 Å². The molecule has 0 spiro atoms. The van der Waals surface area contributed by atoms with Crippen LogP contribution in [-0.2, 0) is 0 Å². The number of carbonyl (C=O) groups excluding carboxylic acids is 1. The standard InChI is InChI=1S/C26H19N3O2/c30-26(27-21-11-13-23(14-12-21)31-22-9-5-2-6-10-22)20-15-16-29-18-24(28-25(29)17-20)19-7-3-1-4-8-19/h1-18H,(H,27,30). The van der Waals surface area contributed by atoms with Crippen molar-refractivity contribution >= 4 is 17.2 Å². The summed E-state index contributed by atoms with van der Waals surface area (Å²) in [6.45, 7) is 0. The van der Waals surface area contributed by atoms with Crippen LogP contribution >= 0.6 is 0 Å². The first-order valence-corrected chi connectivity index (χ1v) is 9.93. The van der Waals surface area contributed by atoms with Gasteiger partial charge in [0.2, 0.25) is 0 Å². The molecule has 0 saturated heterocycles. The Morgan fingerprint density at radius 1 is 0.806 bits per heavy atom. The number of para-hydroxylation sites is 1. The monoisotopic (exact) mass is 405 g/mol. The maximum Gasteiger partial charge on any atom is 0.255 e. The molecule has 0 unspecified atom stereocenters. The van der Waals surface area contributed by atoms with Crippen molar-refractivity contribution in [2.75, 3.05) is 5.32 Å². The Morgan fingerprint density at radius 2 is 1.48 bits per heavy atom. The van der Waals surface area contributed by atoms with E-state index in [0.717, 1.165) is 22.7 Å². The summed E-state index contributed by atoms with van der Waals surface area (Å²) >= 11 is 0. The van der Waals surface area contributed by atoms with E-state index in [9.17, 15) is 4.79 Å². The Balaban J connectivity index is 1.30. The number of anilines is 1. The molecular weight excluding hydrogens is 386 g/mol. The third-order valence-corrected chi connectivity index (χ3v) is 4.88. The third kappa shape index (κ3) is 4.16. The fourth-order valence-electron chi connectivity index (χ4n) is 3.31. The van der Waals surface area contributed by atoms with E-state index < -0.39 is 0 Å². The summed E-state index contributed by atoms with van der Waals surface area (Å²) in [5, 5.41) is 2.92. The summed E-state index contributed by atoms with van der Waals surface area (Å²) in [7, 11) is 0. The molecule has 0 aliphatic heterocycles. The summed E-state index contributed by atoms with van der Waals surface area (Å²) in [6, 6.07) is 30.4. The Morgan fingerprint density at radius 3 is 2.23 bits per heavy atom. The number of rotatable bonds is 5. The second kappa shape index (κ2) is 8.16. The van der Waals surface area contributed by atoms with Gasteiger partial charge in [0.25, 0.3) is 5.91 Å². The summed E-state index contributed by atoms with van der Waals surface area (Å²) in [6.07, 6.45) is 3.80. The molecule has 5 rings (SSSR count). The van der Waals surface area contributed by atoms with Crippen LogP contribution < -0.4 is 10.1 Å². The van der Waals surface area contributed by atoms with Gasteiger partial charge in [-0.15, -0.1) is 0 Å². The molecule has 1 amide bonds. The molecule has 2 heterocycles. The lowest BCUT2D eigenvalue weighted by Gasteiger charge is -2.08. The van der Waals surface area contributed by atoms with Crippen molar-refractivity contribution in [1.82, 2.24) is 9.38 Å². The number of carbonyl (C=O) groups is 1. The largest absolute Gasteiger partial charge is 0.457 e. The lowest BCUT2D eigenvalue weighted by Crippen LogP contribution is -2.12. The number of nitrogens with one attached hydrogen (secondary N) is 1. The van der Waals surface area contributed by atoms with Gasteiger partial charge < -0.3 is 14.5 Å². The molecule has 0 bridgehead atoms. The number of imidazole rings is 1. The molecule has 0 radical (unpaired) electrons. The number of fused-ring (bicyclic) bond motifs is 1. The van der Waals surface area contributed by atoms with Crippen LogP contribution in [-0.4, -0.2) is 15.3 Å². The van der Waals surface area contributed by atoms with Gasteiger partial charge in [-0.3, -0.25) is 4.79 Å². The SMILES string of the molecule is O=C(Nc1ccc(Oc2ccccc2)cc1)c1ccn2cc(-c3ccccc3)nc2c1. The smallest absolute Gasteiger partial charge is 0.255 e. The second-order valence-corrected chi connectivity index (χ2v) is 7.07. The van der Waals surface area contributed by atoms with Crippen LogP contribution in [0.5, 0.6) is 11.5 Å². The molecule has 31 heavy (non-hydrogen) atoms. The molecule has 3 aromatic carbocycles. The molecule has 2 aromatic heterocycles. The number of ether oxygens (including phenoxy) is 1. The summed E-state index contributed by atoms with van der Waals surface area (Å²) in [4.78, 5) is 17.4. The van der Waals surface area contributed by atoms with Gasteiger partial charge in [-0.2, -0.15) is 0 Å². The summed E-state index contributed by atoms with van der Waals surface area (Å²) < 4.78 is 7.70. The predicted molar refractivity (Wildman–Crippen MR) is 122 cm³/mol.